The number of fused-ring (bicyclic) bond motifs is 1. The molecule has 2 amide bonds. The molecule has 156 valence electrons. The minimum absolute atomic E-state index is 0.0400. The number of carbonyl (C=O) groups excluding carboxylic acids is 3. The van der Waals surface area contributed by atoms with E-state index in [2.05, 4.69) is 15.5 Å². The third kappa shape index (κ3) is 5.11. The van der Waals surface area contributed by atoms with Gasteiger partial charge in [-0.15, -0.1) is 0 Å². The highest BCUT2D eigenvalue weighted by Crippen LogP contribution is 2.15. The van der Waals surface area contributed by atoms with Crippen LogP contribution in [0.5, 0.6) is 0 Å². The summed E-state index contributed by atoms with van der Waals surface area (Å²) in [6.07, 6.45) is -1.04. The Kier molecular flexibility index (Phi) is 6.48. The summed E-state index contributed by atoms with van der Waals surface area (Å²) in [7, 11) is 0. The Balaban J connectivity index is 1.44. The summed E-state index contributed by atoms with van der Waals surface area (Å²) in [5, 5.41) is 10.2. The third-order valence-corrected chi connectivity index (χ3v) is 4.69. The van der Waals surface area contributed by atoms with E-state index in [4.69, 9.17) is 9.47 Å². The average Bonchev–Trinajstić information content (AvgIpc) is 3.10. The summed E-state index contributed by atoms with van der Waals surface area (Å²) in [5.74, 6) is -1.17. The van der Waals surface area contributed by atoms with Crippen molar-refractivity contribution in [2.45, 2.75) is 45.5 Å². The van der Waals surface area contributed by atoms with Crippen LogP contribution < -0.4 is 5.32 Å². The first-order chi connectivity index (χ1) is 13.8. The van der Waals surface area contributed by atoms with Crippen molar-refractivity contribution in [1.29, 1.82) is 0 Å². The van der Waals surface area contributed by atoms with Crippen LogP contribution in [0.3, 0.4) is 0 Å². The quantitative estimate of drug-likeness (QED) is 0.703. The van der Waals surface area contributed by atoms with Crippen LogP contribution in [0.4, 0.5) is 0 Å². The molecule has 1 aliphatic rings. The number of hydrogen-bond acceptors (Lipinski definition) is 6. The molecule has 0 aliphatic carbocycles. The number of morpholine rings is 1. The van der Waals surface area contributed by atoms with Gasteiger partial charge in [-0.3, -0.25) is 19.5 Å². The van der Waals surface area contributed by atoms with Gasteiger partial charge in [0.15, 0.2) is 11.8 Å². The fourth-order valence-electron chi connectivity index (χ4n) is 3.42. The summed E-state index contributed by atoms with van der Waals surface area (Å²) in [6.45, 7) is 6.39. The summed E-state index contributed by atoms with van der Waals surface area (Å²) < 4.78 is 10.8. The molecule has 0 bridgehead atoms. The van der Waals surface area contributed by atoms with Crippen LogP contribution in [-0.4, -0.2) is 70.8 Å². The Labute approximate surface area is 168 Å². The Hall–Kier alpha value is -2.94. The van der Waals surface area contributed by atoms with Crippen molar-refractivity contribution in [3.05, 3.63) is 30.0 Å². The van der Waals surface area contributed by atoms with Crippen molar-refractivity contribution >= 4 is 28.7 Å². The largest absolute Gasteiger partial charge is 0.452 e. The molecule has 3 unspecified atom stereocenters. The highest BCUT2D eigenvalue weighted by Gasteiger charge is 2.30. The maximum Gasteiger partial charge on any atom is 0.308 e. The van der Waals surface area contributed by atoms with E-state index >= 15 is 0 Å². The van der Waals surface area contributed by atoms with E-state index < -0.39 is 12.1 Å². The molecule has 9 nitrogen and oxygen atoms in total. The Morgan fingerprint density at radius 2 is 1.97 bits per heavy atom. The molecule has 3 rings (SSSR count). The van der Waals surface area contributed by atoms with Gasteiger partial charge in [0.25, 0.3) is 11.8 Å². The predicted octanol–water partition coefficient (Wildman–Crippen LogP) is 1.25. The average molecular weight is 402 g/mol. The van der Waals surface area contributed by atoms with Crippen molar-refractivity contribution in [2.24, 2.45) is 0 Å². The van der Waals surface area contributed by atoms with E-state index in [1.807, 2.05) is 32.0 Å². The van der Waals surface area contributed by atoms with Gasteiger partial charge in [-0.1, -0.05) is 18.2 Å². The maximum absolute atomic E-state index is 12.5. The SMILES string of the molecule is CC1CN(C(=O)C(C)OC(=O)CCNC(=O)c2n[nH]c3ccccc23)CC(C)O1. The maximum atomic E-state index is 12.5. The van der Waals surface area contributed by atoms with E-state index in [9.17, 15) is 14.4 Å². The molecule has 1 aromatic carbocycles. The molecule has 1 fully saturated rings. The number of nitrogens with zero attached hydrogens (tertiary/aromatic N) is 2. The number of nitrogens with one attached hydrogen (secondary N) is 2. The van der Waals surface area contributed by atoms with Gasteiger partial charge in [0.1, 0.15) is 0 Å². The van der Waals surface area contributed by atoms with Crippen molar-refractivity contribution in [1.82, 2.24) is 20.4 Å². The van der Waals surface area contributed by atoms with Gasteiger partial charge in [-0.05, 0) is 26.8 Å². The zero-order chi connectivity index (χ0) is 21.0. The normalized spacial score (nSPS) is 20.3. The van der Waals surface area contributed by atoms with E-state index in [0.717, 1.165) is 5.52 Å². The van der Waals surface area contributed by atoms with Gasteiger partial charge in [-0.25, -0.2) is 0 Å². The van der Waals surface area contributed by atoms with Crippen LogP contribution in [0.1, 0.15) is 37.7 Å². The number of amides is 2. The lowest BCUT2D eigenvalue weighted by molar-refractivity contribution is -0.164. The fraction of sp³-hybridized carbons (Fsp3) is 0.500. The van der Waals surface area contributed by atoms with Crippen molar-refractivity contribution < 1.29 is 23.9 Å². The number of carbonyl (C=O) groups is 3. The van der Waals surface area contributed by atoms with Crippen molar-refractivity contribution in [3.63, 3.8) is 0 Å². The van der Waals surface area contributed by atoms with Crippen LogP contribution in [0, 0.1) is 0 Å². The van der Waals surface area contributed by atoms with Crippen LogP contribution in [0.2, 0.25) is 0 Å². The topological polar surface area (TPSA) is 114 Å². The molecule has 2 heterocycles. The number of para-hydroxylation sites is 1. The molecule has 0 spiro atoms. The van der Waals surface area contributed by atoms with Crippen molar-refractivity contribution in [2.75, 3.05) is 19.6 Å². The molecule has 2 aromatic rings. The predicted molar refractivity (Wildman–Crippen MR) is 105 cm³/mol. The Bertz CT molecular complexity index is 886. The number of hydrogen-bond donors (Lipinski definition) is 2. The lowest BCUT2D eigenvalue weighted by Gasteiger charge is -2.36. The summed E-state index contributed by atoms with van der Waals surface area (Å²) >= 11 is 0. The molecule has 1 aliphatic heterocycles. The number of ether oxygens (including phenoxy) is 2. The van der Waals surface area contributed by atoms with Crippen LogP contribution in [0.25, 0.3) is 10.9 Å². The van der Waals surface area contributed by atoms with Gasteiger partial charge < -0.3 is 19.7 Å². The number of aromatic amines is 1. The number of rotatable bonds is 6. The first-order valence-electron chi connectivity index (χ1n) is 9.70. The van der Waals surface area contributed by atoms with Crippen LogP contribution in [-0.2, 0) is 19.1 Å². The van der Waals surface area contributed by atoms with Gasteiger partial charge in [0.2, 0.25) is 0 Å². The summed E-state index contributed by atoms with van der Waals surface area (Å²) in [6, 6.07) is 7.28. The van der Waals surface area contributed by atoms with E-state index in [-0.39, 0.29) is 42.7 Å². The fourth-order valence-corrected chi connectivity index (χ4v) is 3.42. The monoisotopic (exact) mass is 402 g/mol. The highest BCUT2D eigenvalue weighted by molar-refractivity contribution is 6.04. The smallest absolute Gasteiger partial charge is 0.308 e. The second-order valence-corrected chi connectivity index (χ2v) is 7.26. The molecule has 2 N–H and O–H groups in total. The first-order valence-corrected chi connectivity index (χ1v) is 9.70. The number of aromatic nitrogens is 2. The minimum atomic E-state index is -0.883. The second-order valence-electron chi connectivity index (χ2n) is 7.26. The molecular weight excluding hydrogens is 376 g/mol. The summed E-state index contributed by atoms with van der Waals surface area (Å²) in [5.41, 5.74) is 1.03. The van der Waals surface area contributed by atoms with Crippen molar-refractivity contribution in [3.8, 4) is 0 Å². The summed E-state index contributed by atoms with van der Waals surface area (Å²) in [4.78, 5) is 38.5. The number of benzene rings is 1. The molecule has 1 aromatic heterocycles. The lowest BCUT2D eigenvalue weighted by Crippen LogP contribution is -2.51. The van der Waals surface area contributed by atoms with Gasteiger partial charge in [-0.2, -0.15) is 5.10 Å². The molecular formula is C20H26N4O5. The van der Waals surface area contributed by atoms with E-state index in [1.54, 1.807) is 17.9 Å². The van der Waals surface area contributed by atoms with E-state index in [1.165, 1.54) is 0 Å². The second kappa shape index (κ2) is 9.04. The molecule has 9 heteroatoms. The third-order valence-electron chi connectivity index (χ3n) is 4.69. The first kappa shape index (κ1) is 20.8. The van der Waals surface area contributed by atoms with Crippen LogP contribution >= 0.6 is 0 Å². The zero-order valence-corrected chi connectivity index (χ0v) is 16.8. The Morgan fingerprint density at radius 3 is 2.69 bits per heavy atom. The standard InChI is InChI=1S/C20H26N4O5/c1-12-10-24(11-13(2)28-12)20(27)14(3)29-17(25)8-9-21-19(26)18-15-6-4-5-7-16(15)22-23-18/h4-7,12-14H,8-11H2,1-3H3,(H,21,26)(H,22,23). The zero-order valence-electron chi connectivity index (χ0n) is 16.8. The van der Waals surface area contributed by atoms with Gasteiger partial charge >= 0.3 is 5.97 Å². The lowest BCUT2D eigenvalue weighted by atomic mass is 10.2. The number of esters is 1. The molecule has 3 atom stereocenters. The van der Waals surface area contributed by atoms with E-state index in [0.29, 0.717) is 18.5 Å². The molecule has 0 radical (unpaired) electrons. The highest BCUT2D eigenvalue weighted by atomic mass is 16.5. The van der Waals surface area contributed by atoms with Crippen LogP contribution in [0.15, 0.2) is 24.3 Å². The van der Waals surface area contributed by atoms with Gasteiger partial charge in [0, 0.05) is 25.0 Å². The molecule has 0 saturated carbocycles. The molecule has 29 heavy (non-hydrogen) atoms. The Morgan fingerprint density at radius 1 is 1.28 bits per heavy atom. The minimum Gasteiger partial charge on any atom is -0.452 e. The molecule has 1 saturated heterocycles. The number of H-pyrrole nitrogens is 1. The van der Waals surface area contributed by atoms with Gasteiger partial charge in [0.05, 0.1) is 24.1 Å².